The van der Waals surface area contributed by atoms with Gasteiger partial charge in [0.1, 0.15) is 28.8 Å². The van der Waals surface area contributed by atoms with Gasteiger partial charge in [0.2, 0.25) is 0 Å². The molecule has 3 fully saturated rings. The molecular weight excluding hydrogens is 559 g/mol. The summed E-state index contributed by atoms with van der Waals surface area (Å²) < 4.78 is 14.3. The van der Waals surface area contributed by atoms with Crippen molar-refractivity contribution in [2.45, 2.75) is 51.2 Å². The lowest BCUT2D eigenvalue weighted by Gasteiger charge is -2.48. The minimum atomic E-state index is -0.558. The van der Waals surface area contributed by atoms with Crippen LogP contribution in [0.1, 0.15) is 42.4 Å². The lowest BCUT2D eigenvalue weighted by Crippen LogP contribution is -2.58. The molecule has 4 heterocycles. The Bertz CT molecular complexity index is 1670. The predicted octanol–water partition coefficient (Wildman–Crippen LogP) is 4.04. The third-order valence-electron chi connectivity index (χ3n) is 9.15. The quantitative estimate of drug-likeness (QED) is 0.162. The van der Waals surface area contributed by atoms with Crippen LogP contribution >= 0.6 is 0 Å². The average molecular weight is 599 g/mol. The number of aryl methyl sites for hydroxylation is 1. The van der Waals surface area contributed by atoms with Crippen LogP contribution in [0, 0.1) is 12.7 Å². The number of likely N-dealkylation sites (tertiary alicyclic amines) is 1. The minimum Gasteiger partial charge on any atom is -0.508 e. The number of aromatic hydroxyl groups is 1. The van der Waals surface area contributed by atoms with Crippen molar-refractivity contribution in [2.24, 2.45) is 4.99 Å². The van der Waals surface area contributed by atoms with Crippen LogP contribution in [0.2, 0.25) is 0 Å². The summed E-state index contributed by atoms with van der Waals surface area (Å²) >= 11 is 0. The summed E-state index contributed by atoms with van der Waals surface area (Å²) in [5.41, 5.74) is 2.72. The van der Waals surface area contributed by atoms with Crippen LogP contribution in [0.5, 0.6) is 5.75 Å². The molecule has 1 N–H and O–H groups in total. The molecule has 3 aliphatic rings. The maximum absolute atomic E-state index is 14.3. The molecule has 0 unspecified atom stereocenters. The van der Waals surface area contributed by atoms with E-state index in [0.717, 1.165) is 81.0 Å². The first kappa shape index (κ1) is 29.9. The van der Waals surface area contributed by atoms with E-state index in [1.807, 2.05) is 19.1 Å². The number of rotatable bonds is 10. The van der Waals surface area contributed by atoms with E-state index in [0.29, 0.717) is 36.4 Å². The second-order valence-electron chi connectivity index (χ2n) is 12.2. The Hall–Kier alpha value is -4.15. The van der Waals surface area contributed by atoms with Gasteiger partial charge in [-0.2, -0.15) is 0 Å². The molecule has 0 radical (unpaired) electrons. The van der Waals surface area contributed by atoms with Crippen LogP contribution in [0.4, 0.5) is 21.6 Å². The highest BCUT2D eigenvalue weighted by atomic mass is 19.1. The van der Waals surface area contributed by atoms with Gasteiger partial charge in [-0.05, 0) is 63.4 Å². The number of aliphatic imine (C=N–C) groups is 1. The summed E-state index contributed by atoms with van der Waals surface area (Å²) in [7, 11) is 0. The molecule has 0 amide bonds. The zero-order valence-electron chi connectivity index (χ0n) is 25.2. The van der Waals surface area contributed by atoms with Gasteiger partial charge in [-0.25, -0.2) is 14.4 Å². The summed E-state index contributed by atoms with van der Waals surface area (Å²) in [5, 5.41) is 9.52. The summed E-state index contributed by atoms with van der Waals surface area (Å²) in [5.74, 6) is 0.550. The number of hydrogen-bond acceptors (Lipinski definition) is 9. The highest BCUT2D eigenvalue weighted by Crippen LogP contribution is 2.34. The van der Waals surface area contributed by atoms with E-state index >= 15 is 0 Å². The fraction of sp³-hybridized carbons (Fsp3) is 0.412. The Balaban J connectivity index is 1.09. The van der Waals surface area contributed by atoms with Crippen LogP contribution in [0.25, 0.3) is 0 Å². The van der Waals surface area contributed by atoms with Gasteiger partial charge >= 0.3 is 0 Å². The van der Waals surface area contributed by atoms with Crippen LogP contribution in [-0.2, 0) is 6.54 Å². The number of allylic oxidation sites excluding steroid dienone is 1. The largest absolute Gasteiger partial charge is 0.508 e. The van der Waals surface area contributed by atoms with Gasteiger partial charge in [-0.1, -0.05) is 18.7 Å². The number of hydrogen-bond donors (Lipinski definition) is 1. The Labute approximate surface area is 256 Å². The van der Waals surface area contributed by atoms with Gasteiger partial charge < -0.3 is 14.9 Å². The zero-order chi connectivity index (χ0) is 31.0. The first-order chi connectivity index (χ1) is 21.2. The summed E-state index contributed by atoms with van der Waals surface area (Å²) in [6.45, 7) is 15.5. The fourth-order valence-corrected chi connectivity index (χ4v) is 6.68. The predicted molar refractivity (Wildman–Crippen MR) is 173 cm³/mol. The molecule has 6 rings (SSSR count). The Morgan fingerprint density at radius 2 is 1.91 bits per heavy atom. The van der Waals surface area contributed by atoms with E-state index in [1.54, 1.807) is 29.4 Å². The van der Waals surface area contributed by atoms with Gasteiger partial charge in [-0.15, -0.1) is 6.58 Å². The van der Waals surface area contributed by atoms with Crippen molar-refractivity contribution < 1.29 is 9.50 Å². The lowest BCUT2D eigenvalue weighted by atomic mass is 9.96. The number of piperazine rings is 1. The van der Waals surface area contributed by atoms with E-state index in [4.69, 9.17) is 4.98 Å². The van der Waals surface area contributed by atoms with Crippen LogP contribution in [-0.4, -0.2) is 77.5 Å². The van der Waals surface area contributed by atoms with E-state index < -0.39 is 10.9 Å². The molecule has 10 heteroatoms. The third kappa shape index (κ3) is 6.09. The summed E-state index contributed by atoms with van der Waals surface area (Å²) in [6, 6.07) is 7.27. The number of nitrogens with zero attached hydrogens (tertiary/aromatic N) is 6. The molecule has 3 aliphatic heterocycles. The van der Waals surface area contributed by atoms with Crippen molar-refractivity contribution in [2.75, 3.05) is 49.1 Å². The number of halogens is 1. The zero-order valence-corrected chi connectivity index (χ0v) is 25.2. The number of aromatic nitrogens is 1. The molecule has 9 nitrogen and oxygen atoms in total. The van der Waals surface area contributed by atoms with Gasteiger partial charge in [-0.3, -0.25) is 19.4 Å². The number of phenols is 1. The number of piperidine rings is 1. The van der Waals surface area contributed by atoms with Crippen molar-refractivity contribution >= 4 is 23.4 Å². The van der Waals surface area contributed by atoms with Crippen LogP contribution < -0.4 is 20.7 Å². The van der Waals surface area contributed by atoms with Crippen LogP contribution in [0.3, 0.4) is 0 Å². The maximum atomic E-state index is 14.3. The van der Waals surface area contributed by atoms with Crippen molar-refractivity contribution in [3.8, 4) is 5.75 Å². The Kier molecular flexibility index (Phi) is 8.46. The van der Waals surface area contributed by atoms with Gasteiger partial charge in [0.05, 0.1) is 6.54 Å². The number of phenolic OH excluding ortho intramolecular Hbond substituents is 1. The van der Waals surface area contributed by atoms with Gasteiger partial charge in [0.15, 0.2) is 0 Å². The van der Waals surface area contributed by atoms with Gasteiger partial charge in [0.25, 0.3) is 10.9 Å². The molecule has 0 saturated carbocycles. The standard InChI is InChI=1S/C34H39FN6O3/c1-4-5-6-27-21-39(13-14-40(27)26-9-11-38(12-10-26)20-25-7-8-28(42)16-29(25)35)34-22(2)15-24(18-37-34)17-36-30-31(33(44)32(30)43)41-19-23(41)3/h4,7-8,15-18,26-27,42H,1,3,5-6,9-14,19-21H2,2H3/t27-,41?/m0/s1. The third-order valence-corrected chi connectivity index (χ3v) is 9.15. The normalized spacial score (nSPS) is 20.2. The Morgan fingerprint density at radius 1 is 1.14 bits per heavy atom. The van der Waals surface area contributed by atoms with Crippen LogP contribution in [0.15, 0.2) is 70.0 Å². The molecule has 230 valence electrons. The monoisotopic (exact) mass is 598 g/mol. The maximum Gasteiger partial charge on any atom is 0.255 e. The summed E-state index contributed by atoms with van der Waals surface area (Å²) in [4.78, 5) is 42.3. The van der Waals surface area contributed by atoms with E-state index in [-0.39, 0.29) is 17.3 Å². The molecule has 0 spiro atoms. The number of benzene rings is 1. The van der Waals surface area contributed by atoms with E-state index in [1.165, 1.54) is 6.07 Å². The van der Waals surface area contributed by atoms with E-state index in [2.05, 4.69) is 32.9 Å². The molecule has 1 atom stereocenters. The van der Waals surface area contributed by atoms with E-state index in [9.17, 15) is 19.1 Å². The highest BCUT2D eigenvalue weighted by Gasteiger charge is 2.36. The fourth-order valence-electron chi connectivity index (χ4n) is 6.68. The second kappa shape index (κ2) is 12.5. The molecule has 3 saturated heterocycles. The smallest absolute Gasteiger partial charge is 0.255 e. The topological polar surface area (TPSA) is 92.3 Å². The van der Waals surface area contributed by atoms with Crippen molar-refractivity contribution in [3.63, 3.8) is 0 Å². The SMILES string of the molecule is C=CCC[C@H]1CN(c2ncc(C=Nc3c(N4CC4=C)c(=O)c3=O)cc2C)CCN1C1CCN(Cc2ccc(O)cc2F)CC1. The number of pyridine rings is 1. The molecular formula is C34H39FN6O3. The lowest BCUT2D eigenvalue weighted by molar-refractivity contribution is 0.0593. The molecule has 1 aromatic heterocycles. The van der Waals surface area contributed by atoms with Crippen molar-refractivity contribution in [1.29, 1.82) is 0 Å². The molecule has 2 aromatic carbocycles. The summed E-state index contributed by atoms with van der Waals surface area (Å²) in [6.07, 6.45) is 9.40. The molecule has 0 aliphatic carbocycles. The van der Waals surface area contributed by atoms with Gasteiger partial charge in [0, 0.05) is 73.6 Å². The first-order valence-corrected chi connectivity index (χ1v) is 15.3. The second-order valence-corrected chi connectivity index (χ2v) is 12.2. The highest BCUT2D eigenvalue weighted by molar-refractivity contribution is 5.87. The first-order valence-electron chi connectivity index (χ1n) is 15.3. The Morgan fingerprint density at radius 3 is 2.59 bits per heavy atom. The van der Waals surface area contributed by atoms with Crippen molar-refractivity contribution in [1.82, 2.24) is 14.8 Å². The number of anilines is 2. The minimum absolute atomic E-state index is 0.0454. The molecule has 3 aromatic rings. The molecule has 0 bridgehead atoms. The molecule has 44 heavy (non-hydrogen) atoms. The van der Waals surface area contributed by atoms with Crippen molar-refractivity contribution in [3.05, 3.63) is 98.3 Å². The average Bonchev–Trinajstić information content (AvgIpc) is 3.74.